The predicted octanol–water partition coefficient (Wildman–Crippen LogP) is 5.90. The average molecular weight is 456 g/mol. The lowest BCUT2D eigenvalue weighted by Gasteiger charge is -2.10. The Labute approximate surface area is 192 Å². The maximum atomic E-state index is 12.8. The second-order valence-electron chi connectivity index (χ2n) is 7.62. The molecule has 0 saturated carbocycles. The number of nitrogens with one attached hydrogen (secondary N) is 1. The Morgan fingerprint density at radius 3 is 2.21 bits per heavy atom. The Morgan fingerprint density at radius 1 is 0.818 bits per heavy atom. The molecule has 0 amide bonds. The fourth-order valence-electron chi connectivity index (χ4n) is 3.53. The Morgan fingerprint density at radius 2 is 1.52 bits per heavy atom. The highest BCUT2D eigenvalue weighted by atomic mass is 32.2. The zero-order valence-corrected chi connectivity index (χ0v) is 18.7. The number of aryl methyl sites for hydroxylation is 1. The first kappa shape index (κ1) is 20.8. The number of ether oxygens (including phenoxy) is 1. The summed E-state index contributed by atoms with van der Waals surface area (Å²) in [6.45, 7) is 2.02. The molecule has 0 saturated heterocycles. The molecule has 0 aliphatic heterocycles. The molecule has 164 valence electrons. The summed E-state index contributed by atoms with van der Waals surface area (Å²) in [6, 6.07) is 26.8. The molecule has 5 aromatic rings. The van der Waals surface area contributed by atoms with E-state index in [-0.39, 0.29) is 4.90 Å². The lowest BCUT2D eigenvalue weighted by atomic mass is 10.1. The van der Waals surface area contributed by atoms with Crippen LogP contribution in [-0.2, 0) is 10.0 Å². The third-order valence-electron chi connectivity index (χ3n) is 5.22. The third kappa shape index (κ3) is 4.44. The number of aromatic nitrogens is 2. The van der Waals surface area contributed by atoms with Crippen LogP contribution in [0.3, 0.4) is 0 Å². The molecule has 33 heavy (non-hydrogen) atoms. The van der Waals surface area contributed by atoms with Crippen LogP contribution in [0.1, 0.15) is 5.56 Å². The van der Waals surface area contributed by atoms with Gasteiger partial charge in [0.05, 0.1) is 10.6 Å². The Kier molecular flexibility index (Phi) is 5.32. The number of rotatable bonds is 6. The van der Waals surface area contributed by atoms with Gasteiger partial charge >= 0.3 is 0 Å². The lowest BCUT2D eigenvalue weighted by molar-refractivity contribution is 0.482. The monoisotopic (exact) mass is 455 g/mol. The third-order valence-corrected chi connectivity index (χ3v) is 6.62. The average Bonchev–Trinajstić information content (AvgIpc) is 3.26. The molecule has 1 N–H and O–H groups in total. The molecule has 0 aliphatic carbocycles. The van der Waals surface area contributed by atoms with Gasteiger partial charge in [-0.15, -0.1) is 0 Å². The zero-order valence-electron chi connectivity index (χ0n) is 17.8. The van der Waals surface area contributed by atoms with Crippen LogP contribution < -0.4 is 9.46 Å². The van der Waals surface area contributed by atoms with Gasteiger partial charge in [0.2, 0.25) is 0 Å². The highest BCUT2D eigenvalue weighted by Crippen LogP contribution is 2.26. The summed E-state index contributed by atoms with van der Waals surface area (Å²) in [5.74, 6) is 1.25. The summed E-state index contributed by atoms with van der Waals surface area (Å²) in [4.78, 5) is 4.84. The van der Waals surface area contributed by atoms with E-state index in [0.717, 1.165) is 22.5 Å². The van der Waals surface area contributed by atoms with E-state index < -0.39 is 10.0 Å². The number of hydrogen-bond acceptors (Lipinski definition) is 4. The molecule has 0 fully saturated rings. The molecule has 3 aromatic carbocycles. The minimum absolute atomic E-state index is 0.155. The fraction of sp³-hybridized carbons (Fsp3) is 0.0385. The number of fused-ring (bicyclic) bond motifs is 1. The number of sulfonamides is 1. The minimum Gasteiger partial charge on any atom is -0.457 e. The standard InChI is InChI=1S/C26H21N3O3S/c1-19-6-5-17-29-18-25(27-26(19)29)20-9-11-21(12-10-20)28-33(30,31)24-15-13-23(14-16-24)32-22-7-3-2-4-8-22/h2-18,28H,1H3. The summed E-state index contributed by atoms with van der Waals surface area (Å²) in [5, 5.41) is 0. The van der Waals surface area contributed by atoms with Crippen LogP contribution in [0, 0.1) is 6.92 Å². The minimum atomic E-state index is -3.73. The second-order valence-corrected chi connectivity index (χ2v) is 9.30. The largest absolute Gasteiger partial charge is 0.457 e. The number of benzene rings is 3. The summed E-state index contributed by atoms with van der Waals surface area (Å²) in [7, 11) is -3.73. The van der Waals surface area contributed by atoms with Gasteiger partial charge in [-0.05, 0) is 67.1 Å². The highest BCUT2D eigenvalue weighted by Gasteiger charge is 2.15. The van der Waals surface area contributed by atoms with Crippen molar-refractivity contribution in [3.8, 4) is 22.8 Å². The van der Waals surface area contributed by atoms with Crippen LogP contribution >= 0.6 is 0 Å². The van der Waals surface area contributed by atoms with E-state index in [1.54, 1.807) is 24.3 Å². The summed E-state index contributed by atoms with van der Waals surface area (Å²) in [6.07, 6.45) is 3.91. The molecule has 0 aliphatic rings. The van der Waals surface area contributed by atoms with Crippen molar-refractivity contribution in [2.75, 3.05) is 4.72 Å². The smallest absolute Gasteiger partial charge is 0.261 e. The van der Waals surface area contributed by atoms with Gasteiger partial charge in [-0.3, -0.25) is 4.72 Å². The van der Waals surface area contributed by atoms with Crippen molar-refractivity contribution in [1.29, 1.82) is 0 Å². The summed E-state index contributed by atoms with van der Waals surface area (Å²) in [5.41, 5.74) is 4.20. The molecule has 0 unspecified atom stereocenters. The molecular formula is C26H21N3O3S. The number of nitrogens with zero attached hydrogens (tertiary/aromatic N) is 2. The van der Waals surface area contributed by atoms with Crippen molar-refractivity contribution in [2.24, 2.45) is 0 Å². The maximum Gasteiger partial charge on any atom is 0.261 e. The van der Waals surface area contributed by atoms with E-state index >= 15 is 0 Å². The van der Waals surface area contributed by atoms with E-state index in [4.69, 9.17) is 4.74 Å². The SMILES string of the molecule is Cc1cccn2cc(-c3ccc(NS(=O)(=O)c4ccc(Oc5ccccc5)cc4)cc3)nc12. The van der Waals surface area contributed by atoms with Crippen molar-refractivity contribution in [2.45, 2.75) is 11.8 Å². The highest BCUT2D eigenvalue weighted by molar-refractivity contribution is 7.92. The van der Waals surface area contributed by atoms with Gasteiger partial charge in [0, 0.05) is 23.6 Å². The Balaban J connectivity index is 1.31. The molecule has 6 nitrogen and oxygen atoms in total. The van der Waals surface area contributed by atoms with E-state index in [9.17, 15) is 8.42 Å². The van der Waals surface area contributed by atoms with Gasteiger partial charge in [-0.2, -0.15) is 0 Å². The zero-order chi connectivity index (χ0) is 22.8. The van der Waals surface area contributed by atoms with Crippen molar-refractivity contribution in [1.82, 2.24) is 9.38 Å². The molecule has 7 heteroatoms. The van der Waals surface area contributed by atoms with Crippen molar-refractivity contribution >= 4 is 21.4 Å². The molecular weight excluding hydrogens is 434 g/mol. The molecule has 2 heterocycles. The van der Waals surface area contributed by atoms with Crippen LogP contribution in [0.25, 0.3) is 16.9 Å². The van der Waals surface area contributed by atoms with Gasteiger partial charge in [0.1, 0.15) is 17.1 Å². The van der Waals surface area contributed by atoms with Crippen LogP contribution in [-0.4, -0.2) is 17.8 Å². The topological polar surface area (TPSA) is 72.7 Å². The fourth-order valence-corrected chi connectivity index (χ4v) is 4.59. The Hall–Kier alpha value is -4.10. The number of pyridine rings is 1. The van der Waals surface area contributed by atoms with E-state index in [2.05, 4.69) is 9.71 Å². The van der Waals surface area contributed by atoms with E-state index in [1.165, 1.54) is 12.1 Å². The van der Waals surface area contributed by atoms with Crippen molar-refractivity contribution < 1.29 is 13.2 Å². The lowest BCUT2D eigenvalue weighted by Crippen LogP contribution is -2.12. The van der Waals surface area contributed by atoms with E-state index in [0.29, 0.717) is 17.2 Å². The number of anilines is 1. The summed E-state index contributed by atoms with van der Waals surface area (Å²) < 4.78 is 36.0. The molecule has 0 bridgehead atoms. The predicted molar refractivity (Wildman–Crippen MR) is 129 cm³/mol. The maximum absolute atomic E-state index is 12.8. The normalized spacial score (nSPS) is 11.4. The number of imidazole rings is 1. The van der Waals surface area contributed by atoms with Crippen LogP contribution in [0.4, 0.5) is 5.69 Å². The van der Waals surface area contributed by atoms with Crippen LogP contribution in [0.5, 0.6) is 11.5 Å². The number of para-hydroxylation sites is 1. The molecule has 0 atom stereocenters. The van der Waals surface area contributed by atoms with Gasteiger partial charge < -0.3 is 9.14 Å². The van der Waals surface area contributed by atoms with Gasteiger partial charge in [0.25, 0.3) is 10.0 Å². The first-order valence-corrected chi connectivity index (χ1v) is 11.9. The Bertz CT molecular complexity index is 1510. The molecule has 5 rings (SSSR count). The van der Waals surface area contributed by atoms with Gasteiger partial charge in [0.15, 0.2) is 0 Å². The van der Waals surface area contributed by atoms with Crippen LogP contribution in [0.15, 0.2) is 108 Å². The molecule has 0 spiro atoms. The number of hydrogen-bond donors (Lipinski definition) is 1. The first-order chi connectivity index (χ1) is 16.0. The molecule has 0 radical (unpaired) electrons. The van der Waals surface area contributed by atoms with Crippen LogP contribution in [0.2, 0.25) is 0 Å². The quantitative estimate of drug-likeness (QED) is 0.346. The van der Waals surface area contributed by atoms with E-state index in [1.807, 2.05) is 78.3 Å². The molecule has 2 aromatic heterocycles. The van der Waals surface area contributed by atoms with Crippen molar-refractivity contribution in [3.63, 3.8) is 0 Å². The summed E-state index contributed by atoms with van der Waals surface area (Å²) >= 11 is 0. The second kappa shape index (κ2) is 8.44. The van der Waals surface area contributed by atoms with Gasteiger partial charge in [-0.25, -0.2) is 13.4 Å². The van der Waals surface area contributed by atoms with Crippen molar-refractivity contribution in [3.05, 3.63) is 109 Å². The first-order valence-electron chi connectivity index (χ1n) is 10.4. The van der Waals surface area contributed by atoms with Gasteiger partial charge in [-0.1, -0.05) is 36.4 Å².